The summed E-state index contributed by atoms with van der Waals surface area (Å²) in [6.07, 6.45) is 4.44. The maximum atomic E-state index is 13.8. The number of hydrogen-bond acceptors (Lipinski definition) is 9. The predicted octanol–water partition coefficient (Wildman–Crippen LogP) is 2.19. The monoisotopic (exact) mass is 584 g/mol. The Morgan fingerprint density at radius 3 is 2.71 bits per heavy atom. The Bertz CT molecular complexity index is 1450. The molecule has 2 amide bonds. The van der Waals surface area contributed by atoms with Crippen LogP contribution in [0.1, 0.15) is 38.6 Å². The van der Waals surface area contributed by atoms with E-state index in [1.54, 1.807) is 11.6 Å². The van der Waals surface area contributed by atoms with Gasteiger partial charge in [0.15, 0.2) is 17.4 Å². The van der Waals surface area contributed by atoms with Crippen molar-refractivity contribution in [1.82, 2.24) is 34.8 Å². The molecular formula is C28H34F2N8O4. The number of amides is 2. The lowest BCUT2D eigenvalue weighted by atomic mass is 9.86. The molecule has 2 aromatic heterocycles. The molecule has 14 heteroatoms. The maximum Gasteiger partial charge on any atom is 0.242 e. The molecule has 0 spiro atoms. The molecule has 1 fully saturated rings. The number of aryl methyl sites for hydroxylation is 1. The van der Waals surface area contributed by atoms with Crippen molar-refractivity contribution in [3.63, 3.8) is 0 Å². The number of aliphatic hydroxyl groups excluding tert-OH is 1. The van der Waals surface area contributed by atoms with E-state index in [0.29, 0.717) is 51.5 Å². The molecule has 224 valence electrons. The highest BCUT2D eigenvalue weighted by Gasteiger charge is 2.42. The first-order valence-electron chi connectivity index (χ1n) is 13.9. The lowest BCUT2D eigenvalue weighted by Gasteiger charge is -2.49. The minimum atomic E-state index is -0.872. The van der Waals surface area contributed by atoms with Crippen LogP contribution in [0.25, 0.3) is 0 Å². The summed E-state index contributed by atoms with van der Waals surface area (Å²) in [5.74, 6) is -2.02. The van der Waals surface area contributed by atoms with E-state index < -0.39 is 23.2 Å². The van der Waals surface area contributed by atoms with Crippen molar-refractivity contribution in [2.24, 2.45) is 5.92 Å². The minimum Gasteiger partial charge on any atom is -0.434 e. The molecule has 1 aromatic carbocycles. The number of nitrogens with one attached hydrogen (secondary N) is 1. The number of ether oxygens (including phenoxy) is 1. The molecule has 2 N–H and O–H groups in total. The van der Waals surface area contributed by atoms with Gasteiger partial charge in [0.2, 0.25) is 17.7 Å². The quantitative estimate of drug-likeness (QED) is 0.408. The molecule has 3 aromatic rings. The van der Waals surface area contributed by atoms with E-state index >= 15 is 0 Å². The van der Waals surface area contributed by atoms with Crippen molar-refractivity contribution in [1.29, 1.82) is 0 Å². The van der Waals surface area contributed by atoms with Gasteiger partial charge in [0.1, 0.15) is 5.82 Å². The maximum absolute atomic E-state index is 13.8. The second-order valence-corrected chi connectivity index (χ2v) is 11.2. The summed E-state index contributed by atoms with van der Waals surface area (Å²) in [7, 11) is 0. The first kappa shape index (κ1) is 29.5. The second-order valence-electron chi connectivity index (χ2n) is 11.2. The fourth-order valence-corrected chi connectivity index (χ4v) is 5.57. The molecule has 5 rings (SSSR count). The Hall–Kier alpha value is -4.04. The number of aliphatic hydroxyl groups is 1. The van der Waals surface area contributed by atoms with Crippen LogP contribution in [-0.2, 0) is 29.0 Å². The molecule has 1 saturated heterocycles. The van der Waals surface area contributed by atoms with Crippen LogP contribution >= 0.6 is 0 Å². The average molecular weight is 585 g/mol. The molecule has 1 unspecified atom stereocenters. The number of hydrogen-bond donors (Lipinski definition) is 2. The van der Waals surface area contributed by atoms with Gasteiger partial charge in [-0.3, -0.25) is 14.5 Å². The number of rotatable bonds is 8. The summed E-state index contributed by atoms with van der Waals surface area (Å²) in [6, 6.07) is 2.41. The van der Waals surface area contributed by atoms with Gasteiger partial charge < -0.3 is 20.1 Å². The van der Waals surface area contributed by atoms with Crippen LogP contribution in [0.3, 0.4) is 0 Å². The van der Waals surface area contributed by atoms with Crippen molar-refractivity contribution < 1.29 is 28.2 Å². The lowest BCUT2D eigenvalue weighted by Crippen LogP contribution is -2.64. The van der Waals surface area contributed by atoms with Crippen LogP contribution in [-0.4, -0.2) is 89.5 Å². The SMILES string of the molecule is C[C@@H](C(=O)Nc1cnc(Oc2ccc(F)cc2F)cn1)N1CCN(C(=O)C2CCc3nnn(CCO)c3C2)C(C)(C)C1. The van der Waals surface area contributed by atoms with Crippen LogP contribution in [0.5, 0.6) is 11.6 Å². The Labute approximate surface area is 241 Å². The number of nitrogens with zero attached hydrogens (tertiary/aromatic N) is 7. The van der Waals surface area contributed by atoms with Crippen LogP contribution in [0.4, 0.5) is 14.6 Å². The Kier molecular flexibility index (Phi) is 8.45. The van der Waals surface area contributed by atoms with Gasteiger partial charge in [0.05, 0.1) is 48.5 Å². The summed E-state index contributed by atoms with van der Waals surface area (Å²) in [5.41, 5.74) is 1.30. The number of piperazine rings is 1. The Balaban J connectivity index is 1.16. The first-order chi connectivity index (χ1) is 20.1. The highest BCUT2D eigenvalue weighted by atomic mass is 19.1. The van der Waals surface area contributed by atoms with Gasteiger partial charge >= 0.3 is 0 Å². The molecule has 2 atom stereocenters. The standard InChI is InChI=1S/C28H34F2N8O4/c1-17(26(40)33-24-14-32-25(15-31-24)42-23-7-5-19(29)13-20(23)30)36-8-9-37(28(2,3)16-36)27(41)18-4-6-21-22(12-18)38(10-11-39)35-34-21/h5,7,13-15,17-18,39H,4,6,8-12,16H2,1-3H3,(H,31,33,40)/t17-,18?/m0/s1. The van der Waals surface area contributed by atoms with E-state index in [9.17, 15) is 23.5 Å². The van der Waals surface area contributed by atoms with Gasteiger partial charge in [-0.15, -0.1) is 5.10 Å². The molecule has 1 aliphatic carbocycles. The van der Waals surface area contributed by atoms with E-state index in [4.69, 9.17) is 4.74 Å². The number of benzene rings is 1. The number of halogens is 2. The zero-order valence-electron chi connectivity index (χ0n) is 23.8. The number of carbonyl (C=O) groups excluding carboxylic acids is 2. The zero-order valence-corrected chi connectivity index (χ0v) is 23.8. The van der Waals surface area contributed by atoms with E-state index in [-0.39, 0.29) is 41.8 Å². The second kappa shape index (κ2) is 12.1. The average Bonchev–Trinajstić information content (AvgIpc) is 3.36. The highest BCUT2D eigenvalue weighted by molar-refractivity contribution is 5.93. The molecular weight excluding hydrogens is 550 g/mol. The summed E-state index contributed by atoms with van der Waals surface area (Å²) >= 11 is 0. The number of aromatic nitrogens is 5. The predicted molar refractivity (Wildman–Crippen MR) is 147 cm³/mol. The third kappa shape index (κ3) is 6.23. The lowest BCUT2D eigenvalue weighted by molar-refractivity contribution is -0.146. The molecule has 0 bridgehead atoms. The number of carbonyl (C=O) groups is 2. The fourth-order valence-electron chi connectivity index (χ4n) is 5.57. The number of anilines is 1. The molecule has 42 heavy (non-hydrogen) atoms. The topological polar surface area (TPSA) is 139 Å². The van der Waals surface area contributed by atoms with Crippen LogP contribution in [0.2, 0.25) is 0 Å². The van der Waals surface area contributed by atoms with Crippen LogP contribution < -0.4 is 10.1 Å². The van der Waals surface area contributed by atoms with Crippen LogP contribution in [0, 0.1) is 17.6 Å². The normalized spacial score (nSPS) is 19.2. The van der Waals surface area contributed by atoms with Crippen molar-refractivity contribution >= 4 is 17.6 Å². The molecule has 0 saturated carbocycles. The van der Waals surface area contributed by atoms with Gasteiger partial charge in [-0.2, -0.15) is 0 Å². The van der Waals surface area contributed by atoms with E-state index in [2.05, 4.69) is 25.6 Å². The Morgan fingerprint density at radius 1 is 1.21 bits per heavy atom. The molecule has 2 aliphatic rings. The molecule has 12 nitrogen and oxygen atoms in total. The van der Waals surface area contributed by atoms with Crippen molar-refractivity contribution in [3.05, 3.63) is 53.6 Å². The summed E-state index contributed by atoms with van der Waals surface area (Å²) in [6.45, 7) is 7.61. The fraction of sp³-hybridized carbons (Fsp3) is 0.500. The smallest absolute Gasteiger partial charge is 0.242 e. The van der Waals surface area contributed by atoms with E-state index in [1.807, 2.05) is 23.6 Å². The molecule has 0 radical (unpaired) electrons. The molecule has 1 aliphatic heterocycles. The third-order valence-corrected chi connectivity index (χ3v) is 7.86. The van der Waals surface area contributed by atoms with Crippen molar-refractivity contribution in [2.75, 3.05) is 31.6 Å². The third-order valence-electron chi connectivity index (χ3n) is 7.86. The van der Waals surface area contributed by atoms with Gasteiger partial charge in [-0.25, -0.2) is 23.4 Å². The van der Waals surface area contributed by atoms with Gasteiger partial charge in [0.25, 0.3) is 0 Å². The van der Waals surface area contributed by atoms with Gasteiger partial charge in [-0.1, -0.05) is 5.21 Å². The van der Waals surface area contributed by atoms with Crippen molar-refractivity contribution in [3.8, 4) is 11.6 Å². The van der Waals surface area contributed by atoms with Gasteiger partial charge in [-0.05, 0) is 45.7 Å². The summed E-state index contributed by atoms with van der Waals surface area (Å²) < 4.78 is 33.9. The van der Waals surface area contributed by atoms with Gasteiger partial charge in [0, 0.05) is 38.0 Å². The minimum absolute atomic E-state index is 0.0163. The largest absolute Gasteiger partial charge is 0.434 e. The Morgan fingerprint density at radius 2 is 2.02 bits per heavy atom. The summed E-state index contributed by atoms with van der Waals surface area (Å²) in [4.78, 5) is 38.8. The zero-order chi connectivity index (χ0) is 30.0. The number of fused-ring (bicyclic) bond motifs is 1. The first-order valence-corrected chi connectivity index (χ1v) is 13.9. The van der Waals surface area contributed by atoms with E-state index in [1.165, 1.54) is 12.4 Å². The van der Waals surface area contributed by atoms with Crippen molar-refractivity contribution in [2.45, 2.75) is 58.2 Å². The highest BCUT2D eigenvalue weighted by Crippen LogP contribution is 2.30. The van der Waals surface area contributed by atoms with Crippen LogP contribution in [0.15, 0.2) is 30.6 Å². The summed E-state index contributed by atoms with van der Waals surface area (Å²) in [5, 5.41) is 20.4. The van der Waals surface area contributed by atoms with E-state index in [0.717, 1.165) is 23.5 Å². The molecule has 3 heterocycles.